The molecule has 7 heteroatoms. The molecular weight excluding hydrogens is 398 g/mol. The van der Waals surface area contributed by atoms with Crippen molar-refractivity contribution >= 4 is 34.7 Å². The van der Waals surface area contributed by atoms with Gasteiger partial charge in [-0.15, -0.1) is 0 Å². The van der Waals surface area contributed by atoms with E-state index in [4.69, 9.17) is 0 Å². The Balaban J connectivity index is 1.27. The van der Waals surface area contributed by atoms with Gasteiger partial charge in [-0.05, 0) is 60.2 Å². The van der Waals surface area contributed by atoms with Crippen LogP contribution in [-0.4, -0.2) is 53.7 Å². The van der Waals surface area contributed by atoms with Crippen LogP contribution in [0.2, 0.25) is 0 Å². The largest absolute Gasteiger partial charge is 0.371 e. The van der Waals surface area contributed by atoms with Gasteiger partial charge in [0.1, 0.15) is 0 Å². The molecule has 3 amide bonds. The minimum Gasteiger partial charge on any atom is -0.371 e. The van der Waals surface area contributed by atoms with Gasteiger partial charge in [-0.25, -0.2) is 0 Å². The highest BCUT2D eigenvalue weighted by Crippen LogP contribution is 2.39. The molecule has 1 aromatic carbocycles. The fourth-order valence-electron chi connectivity index (χ4n) is 4.63. The second-order valence-electron chi connectivity index (χ2n) is 8.50. The fraction of sp³-hybridized carbons (Fsp3) is 0.435. The summed E-state index contributed by atoms with van der Waals surface area (Å²) in [5, 5.41) is 4.10. The number of thiophene rings is 1. The maximum atomic E-state index is 13.0. The third-order valence-corrected chi connectivity index (χ3v) is 7.13. The Labute approximate surface area is 180 Å². The van der Waals surface area contributed by atoms with Crippen LogP contribution in [0.15, 0.2) is 35.0 Å². The van der Waals surface area contributed by atoms with E-state index < -0.39 is 0 Å². The van der Waals surface area contributed by atoms with Crippen molar-refractivity contribution in [3.05, 3.63) is 51.7 Å². The normalized spacial score (nSPS) is 19.4. The van der Waals surface area contributed by atoms with Crippen LogP contribution in [0, 0.1) is 5.92 Å². The number of rotatable bonds is 5. The Kier molecular flexibility index (Phi) is 4.85. The van der Waals surface area contributed by atoms with E-state index in [1.165, 1.54) is 4.90 Å². The SMILES string of the molecule is CN(Cc1ccsc1)C(=O)C1CCN(c2cccc3c2C(=O)N(C2CC2)C3=O)CC1. The molecule has 3 aliphatic rings. The zero-order valence-corrected chi connectivity index (χ0v) is 17.9. The number of imide groups is 1. The lowest BCUT2D eigenvalue weighted by Gasteiger charge is -2.35. The molecule has 0 N–H and O–H groups in total. The van der Waals surface area contributed by atoms with Gasteiger partial charge in [-0.2, -0.15) is 11.3 Å². The number of benzene rings is 1. The van der Waals surface area contributed by atoms with Crippen molar-refractivity contribution in [3.63, 3.8) is 0 Å². The van der Waals surface area contributed by atoms with Crippen LogP contribution in [0.1, 0.15) is 52.0 Å². The summed E-state index contributed by atoms with van der Waals surface area (Å²) in [5.41, 5.74) is 3.08. The lowest BCUT2D eigenvalue weighted by Crippen LogP contribution is -2.41. The van der Waals surface area contributed by atoms with Crippen molar-refractivity contribution in [2.45, 2.75) is 38.3 Å². The van der Waals surface area contributed by atoms with Gasteiger partial charge in [-0.1, -0.05) is 6.07 Å². The molecule has 5 rings (SSSR count). The van der Waals surface area contributed by atoms with Gasteiger partial charge in [0.2, 0.25) is 5.91 Å². The number of hydrogen-bond donors (Lipinski definition) is 0. The average molecular weight is 424 g/mol. The Bertz CT molecular complexity index is 991. The molecule has 0 spiro atoms. The quantitative estimate of drug-likeness (QED) is 0.692. The van der Waals surface area contributed by atoms with Crippen LogP contribution in [0.4, 0.5) is 5.69 Å². The Morgan fingerprint density at radius 3 is 2.53 bits per heavy atom. The number of carbonyl (C=O) groups is 3. The summed E-state index contributed by atoms with van der Waals surface area (Å²) in [5.74, 6) is -0.117. The van der Waals surface area contributed by atoms with Crippen LogP contribution >= 0.6 is 11.3 Å². The van der Waals surface area contributed by atoms with Crippen molar-refractivity contribution in [3.8, 4) is 0 Å². The summed E-state index contributed by atoms with van der Waals surface area (Å²) in [6.45, 7) is 2.07. The van der Waals surface area contributed by atoms with Crippen molar-refractivity contribution in [1.82, 2.24) is 9.80 Å². The van der Waals surface area contributed by atoms with Crippen LogP contribution in [-0.2, 0) is 11.3 Å². The lowest BCUT2D eigenvalue weighted by atomic mass is 9.94. The summed E-state index contributed by atoms with van der Waals surface area (Å²) in [7, 11) is 1.87. The summed E-state index contributed by atoms with van der Waals surface area (Å²) in [4.78, 5) is 44.0. The smallest absolute Gasteiger partial charge is 0.263 e. The molecule has 2 fully saturated rings. The third-order valence-electron chi connectivity index (χ3n) is 6.40. The number of carbonyl (C=O) groups excluding carboxylic acids is 3. The zero-order valence-electron chi connectivity index (χ0n) is 17.0. The molecule has 0 bridgehead atoms. The second-order valence-corrected chi connectivity index (χ2v) is 9.28. The maximum absolute atomic E-state index is 13.0. The highest BCUT2D eigenvalue weighted by Gasteiger charge is 2.46. The Hall–Kier alpha value is -2.67. The molecule has 1 saturated carbocycles. The molecule has 30 heavy (non-hydrogen) atoms. The van der Waals surface area contributed by atoms with Gasteiger partial charge in [0.05, 0.1) is 16.8 Å². The summed E-state index contributed by atoms with van der Waals surface area (Å²) >= 11 is 1.64. The molecule has 0 unspecified atom stereocenters. The van der Waals surface area contributed by atoms with E-state index in [-0.39, 0.29) is 29.7 Å². The molecule has 1 aliphatic carbocycles. The third kappa shape index (κ3) is 3.31. The van der Waals surface area contributed by atoms with Crippen molar-refractivity contribution < 1.29 is 14.4 Å². The minimum absolute atomic E-state index is 0.00180. The van der Waals surface area contributed by atoms with E-state index in [0.717, 1.165) is 36.9 Å². The van der Waals surface area contributed by atoms with Gasteiger partial charge >= 0.3 is 0 Å². The monoisotopic (exact) mass is 423 g/mol. The van der Waals surface area contributed by atoms with E-state index >= 15 is 0 Å². The van der Waals surface area contributed by atoms with Gasteiger partial charge in [0.15, 0.2) is 0 Å². The average Bonchev–Trinajstić information content (AvgIpc) is 3.40. The van der Waals surface area contributed by atoms with E-state index in [0.29, 0.717) is 30.8 Å². The molecule has 0 radical (unpaired) electrons. The number of nitrogens with zero attached hydrogens (tertiary/aromatic N) is 3. The maximum Gasteiger partial charge on any atom is 0.263 e. The number of amides is 3. The molecule has 1 aromatic heterocycles. The summed E-state index contributed by atoms with van der Waals surface area (Å²) < 4.78 is 0. The molecular formula is C23H25N3O3S. The first-order valence-electron chi connectivity index (χ1n) is 10.6. The fourth-order valence-corrected chi connectivity index (χ4v) is 5.29. The number of anilines is 1. The van der Waals surface area contributed by atoms with Gasteiger partial charge < -0.3 is 9.80 Å². The number of hydrogen-bond acceptors (Lipinski definition) is 5. The predicted molar refractivity (Wildman–Crippen MR) is 116 cm³/mol. The highest BCUT2D eigenvalue weighted by atomic mass is 32.1. The van der Waals surface area contributed by atoms with Gasteiger partial charge in [0, 0.05) is 38.6 Å². The van der Waals surface area contributed by atoms with Crippen LogP contribution < -0.4 is 4.90 Å². The molecule has 2 aromatic rings. The second kappa shape index (κ2) is 7.54. The highest BCUT2D eigenvalue weighted by molar-refractivity contribution is 7.07. The molecule has 6 nitrogen and oxygen atoms in total. The van der Waals surface area contributed by atoms with E-state index in [1.54, 1.807) is 17.4 Å². The van der Waals surface area contributed by atoms with E-state index in [2.05, 4.69) is 16.3 Å². The first-order chi connectivity index (χ1) is 14.5. The van der Waals surface area contributed by atoms with Crippen molar-refractivity contribution in [1.29, 1.82) is 0 Å². The Morgan fingerprint density at radius 1 is 1.10 bits per heavy atom. The van der Waals surface area contributed by atoms with Gasteiger partial charge in [0.25, 0.3) is 11.8 Å². The number of fused-ring (bicyclic) bond motifs is 1. The first kappa shape index (κ1) is 19.3. The molecule has 0 atom stereocenters. The standard InChI is InChI=1S/C23H25N3O3S/c1-24(13-15-9-12-30-14-15)21(27)16-7-10-25(11-8-16)19-4-2-3-18-20(19)23(29)26(22(18)28)17-5-6-17/h2-4,9,12,14,16-17H,5-8,10-11,13H2,1H3. The molecule has 156 valence electrons. The summed E-state index contributed by atoms with van der Waals surface area (Å²) in [6, 6.07) is 7.69. The predicted octanol–water partition coefficient (Wildman–Crippen LogP) is 3.38. The topological polar surface area (TPSA) is 60.9 Å². The van der Waals surface area contributed by atoms with Crippen LogP contribution in [0.25, 0.3) is 0 Å². The van der Waals surface area contributed by atoms with Gasteiger partial charge in [-0.3, -0.25) is 19.3 Å². The van der Waals surface area contributed by atoms with Crippen LogP contribution in [0.3, 0.4) is 0 Å². The minimum atomic E-state index is -0.153. The number of piperidine rings is 1. The van der Waals surface area contributed by atoms with Crippen molar-refractivity contribution in [2.75, 3.05) is 25.0 Å². The summed E-state index contributed by atoms with van der Waals surface area (Å²) in [6.07, 6.45) is 3.33. The Morgan fingerprint density at radius 2 is 1.87 bits per heavy atom. The molecule has 3 heterocycles. The lowest BCUT2D eigenvalue weighted by molar-refractivity contribution is -0.135. The van der Waals surface area contributed by atoms with Crippen molar-refractivity contribution in [2.24, 2.45) is 5.92 Å². The first-order valence-corrected chi connectivity index (χ1v) is 11.5. The van der Waals surface area contributed by atoms with E-state index in [1.807, 2.05) is 29.5 Å². The zero-order chi connectivity index (χ0) is 20.8. The van der Waals surface area contributed by atoms with E-state index in [9.17, 15) is 14.4 Å². The molecule has 2 aliphatic heterocycles. The van der Waals surface area contributed by atoms with Crippen LogP contribution in [0.5, 0.6) is 0 Å². The molecule has 1 saturated heterocycles.